The quantitative estimate of drug-likeness (QED) is 0.916. The Morgan fingerprint density at radius 1 is 1.38 bits per heavy atom. The highest BCUT2D eigenvalue weighted by atomic mass is 35.5. The molecule has 0 aliphatic heterocycles. The van der Waals surface area contributed by atoms with Crippen molar-refractivity contribution in [2.24, 2.45) is 5.73 Å². The minimum absolute atomic E-state index is 0.128. The summed E-state index contributed by atoms with van der Waals surface area (Å²) in [5.74, 6) is -0.376. The predicted molar refractivity (Wildman–Crippen MR) is 84.2 cm³/mol. The summed E-state index contributed by atoms with van der Waals surface area (Å²) in [6.45, 7) is 6.41. The van der Waals surface area contributed by atoms with Crippen LogP contribution in [0.4, 0.5) is 4.39 Å². The molecular weight excluding hydrogens is 289 g/mol. The van der Waals surface area contributed by atoms with Crippen LogP contribution in [0.15, 0.2) is 18.2 Å². The van der Waals surface area contributed by atoms with Crippen molar-refractivity contribution >= 4 is 11.6 Å². The molecule has 0 aliphatic carbocycles. The highest BCUT2D eigenvalue weighted by Crippen LogP contribution is 2.21. The third kappa shape index (κ3) is 3.44. The molecule has 21 heavy (non-hydrogen) atoms. The second-order valence-electron chi connectivity index (χ2n) is 5.39. The molecule has 0 fully saturated rings. The van der Waals surface area contributed by atoms with Crippen LogP contribution >= 0.6 is 11.6 Å². The second-order valence-corrected chi connectivity index (χ2v) is 5.80. The minimum atomic E-state index is -0.376. The Morgan fingerprint density at radius 2 is 2.10 bits per heavy atom. The highest BCUT2D eigenvalue weighted by molar-refractivity contribution is 6.30. The SMILES string of the molecule is CCC(N)Cc1c(C)nn(Cc2cccc(Cl)c2F)c1C. The molecule has 0 radical (unpaired) electrons. The lowest BCUT2D eigenvalue weighted by molar-refractivity contribution is 0.578. The zero-order chi connectivity index (χ0) is 15.6. The number of benzene rings is 1. The van der Waals surface area contributed by atoms with Crippen molar-refractivity contribution in [3.8, 4) is 0 Å². The molecule has 1 unspecified atom stereocenters. The van der Waals surface area contributed by atoms with Gasteiger partial charge in [0, 0.05) is 17.3 Å². The first-order valence-electron chi connectivity index (χ1n) is 7.15. The van der Waals surface area contributed by atoms with E-state index in [4.69, 9.17) is 17.3 Å². The van der Waals surface area contributed by atoms with Crippen LogP contribution in [0.1, 0.15) is 35.9 Å². The Balaban J connectivity index is 2.29. The van der Waals surface area contributed by atoms with Gasteiger partial charge in [-0.25, -0.2) is 4.39 Å². The molecule has 2 aromatic rings. The first kappa shape index (κ1) is 16.0. The van der Waals surface area contributed by atoms with E-state index in [9.17, 15) is 4.39 Å². The molecule has 1 aromatic heterocycles. The zero-order valence-corrected chi connectivity index (χ0v) is 13.4. The second kappa shape index (κ2) is 6.58. The predicted octanol–water partition coefficient (Wildman–Crippen LogP) is 3.62. The molecule has 0 bridgehead atoms. The smallest absolute Gasteiger partial charge is 0.146 e. The first-order valence-corrected chi connectivity index (χ1v) is 7.53. The average molecular weight is 310 g/mol. The fourth-order valence-electron chi connectivity index (χ4n) is 2.42. The van der Waals surface area contributed by atoms with E-state index in [1.165, 1.54) is 0 Å². The van der Waals surface area contributed by atoms with E-state index in [1.54, 1.807) is 18.2 Å². The molecular formula is C16H21ClFN3. The molecule has 114 valence electrons. The van der Waals surface area contributed by atoms with Gasteiger partial charge in [-0.3, -0.25) is 4.68 Å². The van der Waals surface area contributed by atoms with Gasteiger partial charge in [-0.2, -0.15) is 5.10 Å². The maximum Gasteiger partial charge on any atom is 0.146 e. The summed E-state index contributed by atoms with van der Waals surface area (Å²) in [5, 5.41) is 4.66. The van der Waals surface area contributed by atoms with Crippen LogP contribution in [0.2, 0.25) is 5.02 Å². The summed E-state index contributed by atoms with van der Waals surface area (Å²) < 4.78 is 15.8. The topological polar surface area (TPSA) is 43.8 Å². The number of aromatic nitrogens is 2. The summed E-state index contributed by atoms with van der Waals surface area (Å²) in [5.41, 5.74) is 9.73. The van der Waals surface area contributed by atoms with E-state index in [0.717, 1.165) is 29.8 Å². The van der Waals surface area contributed by atoms with Gasteiger partial charge in [-0.15, -0.1) is 0 Å². The molecule has 0 aliphatic rings. The fourth-order valence-corrected chi connectivity index (χ4v) is 2.62. The van der Waals surface area contributed by atoms with Gasteiger partial charge in [0.1, 0.15) is 5.82 Å². The van der Waals surface area contributed by atoms with Gasteiger partial charge in [-0.05, 0) is 38.3 Å². The van der Waals surface area contributed by atoms with Crippen LogP contribution in [-0.4, -0.2) is 15.8 Å². The molecule has 1 aromatic carbocycles. The number of nitrogens with two attached hydrogens (primary N) is 1. The van der Waals surface area contributed by atoms with Crippen molar-refractivity contribution in [1.29, 1.82) is 0 Å². The van der Waals surface area contributed by atoms with Crippen molar-refractivity contribution in [2.45, 2.75) is 46.2 Å². The number of hydrogen-bond acceptors (Lipinski definition) is 2. The number of aryl methyl sites for hydroxylation is 1. The molecule has 1 atom stereocenters. The van der Waals surface area contributed by atoms with Crippen molar-refractivity contribution < 1.29 is 4.39 Å². The zero-order valence-electron chi connectivity index (χ0n) is 12.7. The summed E-state index contributed by atoms with van der Waals surface area (Å²) >= 11 is 5.82. The van der Waals surface area contributed by atoms with Crippen molar-refractivity contribution in [3.05, 3.63) is 51.6 Å². The molecule has 0 amide bonds. The van der Waals surface area contributed by atoms with E-state index in [-0.39, 0.29) is 16.9 Å². The summed E-state index contributed by atoms with van der Waals surface area (Å²) in [6.07, 6.45) is 1.72. The maximum atomic E-state index is 14.0. The maximum absolute atomic E-state index is 14.0. The summed E-state index contributed by atoms with van der Waals surface area (Å²) in [4.78, 5) is 0. The van der Waals surface area contributed by atoms with Crippen molar-refractivity contribution in [1.82, 2.24) is 9.78 Å². The Morgan fingerprint density at radius 3 is 2.76 bits per heavy atom. The van der Waals surface area contributed by atoms with E-state index in [1.807, 2.05) is 18.5 Å². The van der Waals surface area contributed by atoms with Crippen LogP contribution in [0.3, 0.4) is 0 Å². The van der Waals surface area contributed by atoms with E-state index < -0.39 is 0 Å². The summed E-state index contributed by atoms with van der Waals surface area (Å²) in [6, 6.07) is 5.16. The molecule has 3 nitrogen and oxygen atoms in total. The summed E-state index contributed by atoms with van der Waals surface area (Å²) in [7, 11) is 0. The van der Waals surface area contributed by atoms with Crippen molar-refractivity contribution in [2.75, 3.05) is 0 Å². The third-order valence-corrected chi connectivity index (χ3v) is 4.17. The minimum Gasteiger partial charge on any atom is -0.327 e. The Bertz CT molecular complexity index is 637. The Hall–Kier alpha value is -1.39. The average Bonchev–Trinajstić information content (AvgIpc) is 2.71. The van der Waals surface area contributed by atoms with Gasteiger partial charge in [0.25, 0.3) is 0 Å². The molecule has 0 saturated heterocycles. The number of nitrogens with zero attached hydrogens (tertiary/aromatic N) is 2. The van der Waals surface area contributed by atoms with Gasteiger partial charge in [0.2, 0.25) is 0 Å². The third-order valence-electron chi connectivity index (χ3n) is 3.87. The van der Waals surface area contributed by atoms with Gasteiger partial charge < -0.3 is 5.73 Å². The van der Waals surface area contributed by atoms with Crippen molar-refractivity contribution in [3.63, 3.8) is 0 Å². The van der Waals surface area contributed by atoms with Crippen LogP contribution in [-0.2, 0) is 13.0 Å². The van der Waals surface area contributed by atoms with Crippen LogP contribution < -0.4 is 5.73 Å². The lowest BCUT2D eigenvalue weighted by Gasteiger charge is -2.10. The van der Waals surface area contributed by atoms with Gasteiger partial charge in [0.15, 0.2) is 0 Å². The number of halogens is 2. The highest BCUT2D eigenvalue weighted by Gasteiger charge is 2.15. The monoisotopic (exact) mass is 309 g/mol. The largest absolute Gasteiger partial charge is 0.327 e. The first-order chi connectivity index (χ1) is 9.93. The van der Waals surface area contributed by atoms with Crippen LogP contribution in [0.25, 0.3) is 0 Å². The normalized spacial score (nSPS) is 12.7. The van der Waals surface area contributed by atoms with E-state index in [0.29, 0.717) is 12.1 Å². The van der Waals surface area contributed by atoms with Crippen LogP contribution in [0, 0.1) is 19.7 Å². The molecule has 5 heteroatoms. The fraction of sp³-hybridized carbons (Fsp3) is 0.438. The number of hydrogen-bond donors (Lipinski definition) is 1. The van der Waals surface area contributed by atoms with E-state index >= 15 is 0 Å². The number of rotatable bonds is 5. The van der Waals surface area contributed by atoms with Gasteiger partial charge >= 0.3 is 0 Å². The Kier molecular flexibility index (Phi) is 5.01. The van der Waals surface area contributed by atoms with E-state index in [2.05, 4.69) is 12.0 Å². The molecule has 2 N–H and O–H groups in total. The molecule has 1 heterocycles. The van der Waals surface area contributed by atoms with Gasteiger partial charge in [-0.1, -0.05) is 30.7 Å². The lowest BCUT2D eigenvalue weighted by Crippen LogP contribution is -2.22. The molecule has 0 spiro atoms. The Labute approximate surface area is 129 Å². The lowest BCUT2D eigenvalue weighted by atomic mass is 10.0. The standard InChI is InChI=1S/C16H21ClFN3/c1-4-13(19)8-14-10(2)20-21(11(14)3)9-12-6-5-7-15(17)16(12)18/h5-7,13H,4,8-9,19H2,1-3H3. The van der Waals surface area contributed by atoms with Crippen LogP contribution in [0.5, 0.6) is 0 Å². The molecule has 0 saturated carbocycles. The molecule has 2 rings (SSSR count). The van der Waals surface area contributed by atoms with Gasteiger partial charge in [0.05, 0.1) is 17.3 Å².